The number of rotatable bonds is 1. The number of allylic oxidation sites excluding steroid dienone is 1. The van der Waals surface area contributed by atoms with E-state index in [-0.39, 0.29) is 0 Å². The molecular weight excluding hydrogens is 140 g/mol. The van der Waals surface area contributed by atoms with Gasteiger partial charge in [0.15, 0.2) is 0 Å². The zero-order valence-corrected chi connectivity index (χ0v) is 6.75. The van der Waals surface area contributed by atoms with Gasteiger partial charge >= 0.3 is 0 Å². The third-order valence-electron chi connectivity index (χ3n) is 1.92. The summed E-state index contributed by atoms with van der Waals surface area (Å²) in [4.78, 5) is 3.84. The van der Waals surface area contributed by atoms with Crippen LogP contribution in [0.5, 0.6) is 0 Å². The molecule has 3 N–H and O–H groups in total. The molecule has 3 heteroatoms. The summed E-state index contributed by atoms with van der Waals surface area (Å²) in [6.07, 6.45) is 3.93. The summed E-state index contributed by atoms with van der Waals surface area (Å²) >= 11 is 0. The van der Waals surface area contributed by atoms with Crippen LogP contribution < -0.4 is 5.73 Å². The van der Waals surface area contributed by atoms with E-state index in [1.165, 1.54) is 0 Å². The van der Waals surface area contributed by atoms with Gasteiger partial charge in [0.1, 0.15) is 0 Å². The average Bonchev–Trinajstić information content (AvgIpc) is 1.97. The number of nitrogens with zero attached hydrogens (tertiary/aromatic N) is 1. The monoisotopic (exact) mass is 154 g/mol. The second-order valence-electron chi connectivity index (χ2n) is 2.78. The first kappa shape index (κ1) is 8.27. The Labute approximate surface area is 66.6 Å². The molecule has 0 heterocycles. The molecule has 0 aliphatic heterocycles. The van der Waals surface area contributed by atoms with Crippen molar-refractivity contribution < 1.29 is 5.11 Å². The van der Waals surface area contributed by atoms with Gasteiger partial charge < -0.3 is 10.8 Å². The largest absolute Gasteiger partial charge is 0.402 e. The average molecular weight is 154 g/mol. The molecule has 0 saturated carbocycles. The van der Waals surface area contributed by atoms with Crippen molar-refractivity contribution in [2.75, 3.05) is 7.05 Å². The summed E-state index contributed by atoms with van der Waals surface area (Å²) < 4.78 is 0. The van der Waals surface area contributed by atoms with Crippen molar-refractivity contribution in [2.24, 2.45) is 10.7 Å². The predicted octanol–water partition coefficient (Wildman–Crippen LogP) is 0.445. The van der Waals surface area contributed by atoms with Gasteiger partial charge in [-0.05, 0) is 19.3 Å². The van der Waals surface area contributed by atoms with Crippen molar-refractivity contribution in [3.8, 4) is 0 Å². The van der Waals surface area contributed by atoms with E-state index < -0.39 is 6.10 Å². The smallest absolute Gasteiger partial charge is 0.0821 e. The number of aliphatic imine (C=N–C) groups is 1. The number of hydrogen-bond acceptors (Lipinski definition) is 3. The van der Waals surface area contributed by atoms with Gasteiger partial charge in [0.05, 0.1) is 6.10 Å². The van der Waals surface area contributed by atoms with Crippen molar-refractivity contribution in [1.29, 1.82) is 0 Å². The summed E-state index contributed by atoms with van der Waals surface area (Å²) in [7, 11) is 1.68. The van der Waals surface area contributed by atoms with Crippen LogP contribution in [0.15, 0.2) is 16.3 Å². The molecular formula is C8H14N2O. The lowest BCUT2D eigenvalue weighted by atomic mass is 9.95. The summed E-state index contributed by atoms with van der Waals surface area (Å²) in [5.41, 5.74) is 7.27. The molecule has 0 spiro atoms. The highest BCUT2D eigenvalue weighted by Crippen LogP contribution is 2.20. The summed E-state index contributed by atoms with van der Waals surface area (Å²) in [6, 6.07) is 0. The SMILES string of the molecule is C/N=C\C1=C(N)CCCC1O. The highest BCUT2D eigenvalue weighted by atomic mass is 16.3. The van der Waals surface area contributed by atoms with Crippen LogP contribution in [0.2, 0.25) is 0 Å². The van der Waals surface area contributed by atoms with E-state index in [1.54, 1.807) is 13.3 Å². The Hall–Kier alpha value is -0.830. The van der Waals surface area contributed by atoms with Crippen molar-refractivity contribution in [3.63, 3.8) is 0 Å². The first-order valence-electron chi connectivity index (χ1n) is 3.84. The highest BCUT2D eigenvalue weighted by Gasteiger charge is 2.17. The molecule has 0 saturated heterocycles. The molecule has 1 aliphatic rings. The zero-order chi connectivity index (χ0) is 8.27. The molecule has 1 aliphatic carbocycles. The third kappa shape index (κ3) is 1.80. The van der Waals surface area contributed by atoms with Gasteiger partial charge in [0.25, 0.3) is 0 Å². The molecule has 0 aromatic heterocycles. The van der Waals surface area contributed by atoms with Crippen LogP contribution in [-0.4, -0.2) is 24.5 Å². The Morgan fingerprint density at radius 3 is 3.00 bits per heavy atom. The molecule has 0 aromatic carbocycles. The first-order chi connectivity index (χ1) is 5.25. The lowest BCUT2D eigenvalue weighted by Crippen LogP contribution is -2.21. The van der Waals surface area contributed by atoms with Crippen molar-refractivity contribution >= 4 is 6.21 Å². The van der Waals surface area contributed by atoms with Gasteiger partial charge in [-0.15, -0.1) is 0 Å². The molecule has 3 nitrogen and oxygen atoms in total. The van der Waals surface area contributed by atoms with Crippen LogP contribution in [0.25, 0.3) is 0 Å². The van der Waals surface area contributed by atoms with E-state index in [0.717, 1.165) is 30.5 Å². The van der Waals surface area contributed by atoms with Crippen molar-refractivity contribution in [2.45, 2.75) is 25.4 Å². The number of hydrogen-bond donors (Lipinski definition) is 2. The van der Waals surface area contributed by atoms with Gasteiger partial charge in [-0.2, -0.15) is 0 Å². The quantitative estimate of drug-likeness (QED) is 0.538. The molecule has 0 radical (unpaired) electrons. The molecule has 0 aromatic rings. The minimum absolute atomic E-state index is 0.396. The lowest BCUT2D eigenvalue weighted by molar-refractivity contribution is 0.195. The van der Waals surface area contributed by atoms with Crippen LogP contribution >= 0.6 is 0 Å². The number of aliphatic hydroxyl groups is 1. The van der Waals surface area contributed by atoms with Gasteiger partial charge in [0.2, 0.25) is 0 Å². The van der Waals surface area contributed by atoms with E-state index in [4.69, 9.17) is 5.73 Å². The summed E-state index contributed by atoms with van der Waals surface area (Å²) in [6.45, 7) is 0. The van der Waals surface area contributed by atoms with Gasteiger partial charge in [-0.3, -0.25) is 4.99 Å². The minimum atomic E-state index is -0.396. The molecule has 1 atom stereocenters. The van der Waals surface area contributed by atoms with E-state index in [2.05, 4.69) is 4.99 Å². The molecule has 0 bridgehead atoms. The Bertz CT molecular complexity index is 196. The maximum absolute atomic E-state index is 9.44. The van der Waals surface area contributed by atoms with E-state index in [1.807, 2.05) is 0 Å². The Kier molecular flexibility index (Phi) is 2.65. The minimum Gasteiger partial charge on any atom is -0.402 e. The molecule has 62 valence electrons. The van der Waals surface area contributed by atoms with E-state index in [9.17, 15) is 5.11 Å². The van der Waals surface area contributed by atoms with Crippen LogP contribution in [0.3, 0.4) is 0 Å². The van der Waals surface area contributed by atoms with Crippen LogP contribution in [0, 0.1) is 0 Å². The lowest BCUT2D eigenvalue weighted by Gasteiger charge is -2.19. The Balaban J connectivity index is 2.82. The van der Waals surface area contributed by atoms with E-state index in [0.29, 0.717) is 0 Å². The second-order valence-corrected chi connectivity index (χ2v) is 2.78. The predicted molar refractivity (Wildman–Crippen MR) is 45.5 cm³/mol. The fourth-order valence-electron chi connectivity index (χ4n) is 1.31. The number of nitrogens with two attached hydrogens (primary N) is 1. The zero-order valence-electron chi connectivity index (χ0n) is 6.75. The topological polar surface area (TPSA) is 58.6 Å². The fourth-order valence-corrected chi connectivity index (χ4v) is 1.31. The van der Waals surface area contributed by atoms with Crippen LogP contribution in [0.4, 0.5) is 0 Å². The maximum Gasteiger partial charge on any atom is 0.0821 e. The van der Waals surface area contributed by atoms with Gasteiger partial charge in [0, 0.05) is 24.5 Å². The standard InChI is InChI=1S/C8H14N2O/c1-10-5-6-7(9)3-2-4-8(6)11/h5,8,11H,2-4,9H2,1H3/b10-5-. The summed E-state index contributed by atoms with van der Waals surface area (Å²) in [5.74, 6) is 0. The number of aliphatic hydroxyl groups excluding tert-OH is 1. The van der Waals surface area contributed by atoms with Crippen LogP contribution in [-0.2, 0) is 0 Å². The normalized spacial score (nSPS) is 26.5. The summed E-state index contributed by atoms with van der Waals surface area (Å²) in [5, 5.41) is 9.44. The van der Waals surface area contributed by atoms with Crippen molar-refractivity contribution in [3.05, 3.63) is 11.3 Å². The fraction of sp³-hybridized carbons (Fsp3) is 0.625. The van der Waals surface area contributed by atoms with Gasteiger partial charge in [-0.1, -0.05) is 0 Å². The second kappa shape index (κ2) is 3.53. The molecule has 1 rings (SSSR count). The molecule has 1 unspecified atom stereocenters. The highest BCUT2D eigenvalue weighted by molar-refractivity contribution is 5.80. The van der Waals surface area contributed by atoms with Gasteiger partial charge in [-0.25, -0.2) is 0 Å². The molecule has 11 heavy (non-hydrogen) atoms. The Morgan fingerprint density at radius 1 is 1.73 bits per heavy atom. The molecule has 0 amide bonds. The van der Waals surface area contributed by atoms with Crippen molar-refractivity contribution in [1.82, 2.24) is 0 Å². The first-order valence-corrected chi connectivity index (χ1v) is 3.84. The third-order valence-corrected chi connectivity index (χ3v) is 1.92. The Morgan fingerprint density at radius 2 is 2.45 bits per heavy atom. The van der Waals surface area contributed by atoms with E-state index >= 15 is 0 Å². The molecule has 0 fully saturated rings. The van der Waals surface area contributed by atoms with Crippen LogP contribution in [0.1, 0.15) is 19.3 Å². The maximum atomic E-state index is 9.44.